The zero-order valence-corrected chi connectivity index (χ0v) is 7.32. The van der Waals surface area contributed by atoms with Crippen LogP contribution in [-0.4, -0.2) is 9.78 Å². The second-order valence-electron chi connectivity index (χ2n) is 2.32. The van der Waals surface area contributed by atoms with Gasteiger partial charge in [0.15, 0.2) is 0 Å². The van der Waals surface area contributed by atoms with Gasteiger partial charge in [-0.2, -0.15) is 5.10 Å². The summed E-state index contributed by atoms with van der Waals surface area (Å²) < 4.78 is 1.67. The molecule has 0 amide bonds. The zero-order valence-electron chi connectivity index (χ0n) is 5.81. The Morgan fingerprint density at radius 1 is 1.50 bits per heavy atom. The van der Waals surface area contributed by atoms with Crippen molar-refractivity contribution in [2.75, 3.05) is 0 Å². The molecule has 2 nitrogen and oxygen atoms in total. The second-order valence-corrected chi connectivity index (χ2v) is 3.09. The van der Waals surface area contributed by atoms with Gasteiger partial charge in [0.05, 0.1) is 11.2 Å². The summed E-state index contributed by atoms with van der Waals surface area (Å²) in [5.74, 6) is 0. The Labute approximate surface area is 69.7 Å². The Bertz CT molecular complexity index is 230. The second kappa shape index (κ2) is 2.81. The highest BCUT2D eigenvalue weighted by Crippen LogP contribution is 2.23. The van der Waals surface area contributed by atoms with E-state index in [0.717, 1.165) is 0 Å². The first-order chi connectivity index (χ1) is 4.63. The first-order valence-corrected chi connectivity index (χ1v) is 3.77. The van der Waals surface area contributed by atoms with Crippen molar-refractivity contribution in [3.63, 3.8) is 0 Å². The van der Waals surface area contributed by atoms with Crippen molar-refractivity contribution in [3.8, 4) is 0 Å². The van der Waals surface area contributed by atoms with Gasteiger partial charge in [-0.25, -0.2) is 4.68 Å². The van der Waals surface area contributed by atoms with E-state index in [1.807, 2.05) is 13.8 Å². The standard InChI is InChI=1S/C6H8Cl2N2/c1-4(2)10-6(8)5(7)3-9-10/h3-4H,1-2H3. The Kier molecular flexibility index (Phi) is 2.21. The van der Waals surface area contributed by atoms with E-state index in [0.29, 0.717) is 10.2 Å². The lowest BCUT2D eigenvalue weighted by molar-refractivity contribution is 0.533. The average Bonchev–Trinajstić information content (AvgIpc) is 2.14. The minimum atomic E-state index is 0.264. The van der Waals surface area contributed by atoms with Crippen LogP contribution in [0.5, 0.6) is 0 Å². The van der Waals surface area contributed by atoms with Crippen LogP contribution < -0.4 is 0 Å². The van der Waals surface area contributed by atoms with E-state index in [2.05, 4.69) is 5.10 Å². The van der Waals surface area contributed by atoms with Crippen molar-refractivity contribution >= 4 is 23.2 Å². The van der Waals surface area contributed by atoms with Crippen LogP contribution >= 0.6 is 23.2 Å². The van der Waals surface area contributed by atoms with E-state index in [1.54, 1.807) is 10.9 Å². The van der Waals surface area contributed by atoms with E-state index in [1.165, 1.54) is 0 Å². The molecule has 0 aliphatic rings. The van der Waals surface area contributed by atoms with Crippen molar-refractivity contribution in [3.05, 3.63) is 16.4 Å². The molecular weight excluding hydrogens is 171 g/mol. The molecule has 1 aromatic rings. The van der Waals surface area contributed by atoms with Crippen LogP contribution in [0.2, 0.25) is 10.2 Å². The zero-order chi connectivity index (χ0) is 7.72. The van der Waals surface area contributed by atoms with E-state index in [4.69, 9.17) is 23.2 Å². The number of hydrogen-bond donors (Lipinski definition) is 0. The van der Waals surface area contributed by atoms with Gasteiger partial charge in [-0.05, 0) is 13.8 Å². The van der Waals surface area contributed by atoms with Crippen LogP contribution in [0.3, 0.4) is 0 Å². The highest BCUT2D eigenvalue weighted by atomic mass is 35.5. The first kappa shape index (κ1) is 7.89. The first-order valence-electron chi connectivity index (χ1n) is 3.01. The van der Waals surface area contributed by atoms with Crippen molar-refractivity contribution in [2.45, 2.75) is 19.9 Å². The number of halogens is 2. The van der Waals surface area contributed by atoms with Gasteiger partial charge < -0.3 is 0 Å². The molecule has 0 aromatic carbocycles. The normalized spacial score (nSPS) is 10.9. The van der Waals surface area contributed by atoms with Gasteiger partial charge in [-0.1, -0.05) is 23.2 Å². The minimum absolute atomic E-state index is 0.264. The molecule has 0 unspecified atom stereocenters. The molecule has 0 fully saturated rings. The Morgan fingerprint density at radius 2 is 2.10 bits per heavy atom. The predicted molar refractivity (Wildman–Crippen MR) is 42.6 cm³/mol. The fourth-order valence-electron chi connectivity index (χ4n) is 0.686. The van der Waals surface area contributed by atoms with Crippen molar-refractivity contribution in [1.29, 1.82) is 0 Å². The molecule has 0 saturated carbocycles. The van der Waals surface area contributed by atoms with Crippen LogP contribution in [-0.2, 0) is 0 Å². The van der Waals surface area contributed by atoms with Gasteiger partial charge in [0.2, 0.25) is 0 Å². The predicted octanol–water partition coefficient (Wildman–Crippen LogP) is 2.77. The molecule has 0 N–H and O–H groups in total. The molecule has 0 aliphatic carbocycles. The highest BCUT2D eigenvalue weighted by Gasteiger charge is 2.07. The maximum absolute atomic E-state index is 5.77. The number of rotatable bonds is 1. The van der Waals surface area contributed by atoms with Gasteiger partial charge in [0, 0.05) is 6.04 Å². The molecular formula is C6H8Cl2N2. The molecule has 0 radical (unpaired) electrons. The molecule has 0 aliphatic heterocycles. The molecule has 1 aromatic heterocycles. The van der Waals surface area contributed by atoms with Crippen LogP contribution in [0.25, 0.3) is 0 Å². The van der Waals surface area contributed by atoms with Crippen molar-refractivity contribution < 1.29 is 0 Å². The SMILES string of the molecule is CC(C)n1ncc(Cl)c1Cl. The monoisotopic (exact) mass is 178 g/mol. The molecule has 10 heavy (non-hydrogen) atoms. The van der Waals surface area contributed by atoms with Gasteiger partial charge in [0.1, 0.15) is 5.15 Å². The summed E-state index contributed by atoms with van der Waals surface area (Å²) in [6.07, 6.45) is 1.55. The summed E-state index contributed by atoms with van der Waals surface area (Å²) in [5, 5.41) is 4.99. The molecule has 0 saturated heterocycles. The van der Waals surface area contributed by atoms with Crippen molar-refractivity contribution in [1.82, 2.24) is 9.78 Å². The maximum Gasteiger partial charge on any atom is 0.145 e. The number of nitrogens with zero attached hydrogens (tertiary/aromatic N) is 2. The summed E-state index contributed by atoms with van der Waals surface area (Å²) >= 11 is 11.4. The van der Waals surface area contributed by atoms with Crippen LogP contribution in [0.15, 0.2) is 6.20 Å². The third-order valence-electron chi connectivity index (χ3n) is 1.18. The number of hydrogen-bond acceptors (Lipinski definition) is 1. The molecule has 0 atom stereocenters. The van der Waals surface area contributed by atoms with E-state index in [9.17, 15) is 0 Å². The summed E-state index contributed by atoms with van der Waals surface area (Å²) in [5.41, 5.74) is 0. The molecule has 1 rings (SSSR count). The van der Waals surface area contributed by atoms with E-state index < -0.39 is 0 Å². The molecule has 4 heteroatoms. The third-order valence-corrected chi connectivity index (χ3v) is 1.93. The van der Waals surface area contributed by atoms with Gasteiger partial charge in [0.25, 0.3) is 0 Å². The lowest BCUT2D eigenvalue weighted by Crippen LogP contribution is -2.01. The third kappa shape index (κ3) is 1.27. The molecule has 1 heterocycles. The summed E-state index contributed by atoms with van der Waals surface area (Å²) in [6.45, 7) is 3.99. The fraction of sp³-hybridized carbons (Fsp3) is 0.500. The van der Waals surface area contributed by atoms with Gasteiger partial charge in [-0.15, -0.1) is 0 Å². The Balaban J connectivity index is 3.05. The molecule has 0 spiro atoms. The number of aromatic nitrogens is 2. The largest absolute Gasteiger partial charge is 0.250 e. The quantitative estimate of drug-likeness (QED) is 0.648. The highest BCUT2D eigenvalue weighted by molar-refractivity contribution is 6.41. The fourth-order valence-corrected chi connectivity index (χ4v) is 1.10. The molecule has 0 bridgehead atoms. The topological polar surface area (TPSA) is 17.8 Å². The lowest BCUT2D eigenvalue weighted by Gasteiger charge is -2.05. The smallest absolute Gasteiger partial charge is 0.145 e. The van der Waals surface area contributed by atoms with Crippen LogP contribution in [0.4, 0.5) is 0 Å². The van der Waals surface area contributed by atoms with Crippen LogP contribution in [0.1, 0.15) is 19.9 Å². The lowest BCUT2D eigenvalue weighted by atomic mass is 10.4. The Morgan fingerprint density at radius 3 is 2.30 bits per heavy atom. The van der Waals surface area contributed by atoms with Gasteiger partial charge in [-0.3, -0.25) is 0 Å². The Hall–Kier alpha value is -0.210. The van der Waals surface area contributed by atoms with Crippen LogP contribution in [0, 0.1) is 0 Å². The average molecular weight is 179 g/mol. The summed E-state index contributed by atoms with van der Waals surface area (Å²) in [4.78, 5) is 0. The maximum atomic E-state index is 5.77. The molecule has 56 valence electrons. The van der Waals surface area contributed by atoms with E-state index >= 15 is 0 Å². The summed E-state index contributed by atoms with van der Waals surface area (Å²) in [6, 6.07) is 0.264. The van der Waals surface area contributed by atoms with Gasteiger partial charge >= 0.3 is 0 Å². The van der Waals surface area contributed by atoms with Crippen molar-refractivity contribution in [2.24, 2.45) is 0 Å². The van der Waals surface area contributed by atoms with E-state index in [-0.39, 0.29) is 6.04 Å². The minimum Gasteiger partial charge on any atom is -0.250 e. The summed E-state index contributed by atoms with van der Waals surface area (Å²) in [7, 11) is 0.